The molecule has 1 aromatic heterocycles. The van der Waals surface area contributed by atoms with Crippen LogP contribution in [0.4, 0.5) is 0 Å². The highest BCUT2D eigenvalue weighted by molar-refractivity contribution is 7.12. The van der Waals surface area contributed by atoms with Crippen LogP contribution in [0.25, 0.3) is 0 Å². The van der Waals surface area contributed by atoms with Gasteiger partial charge < -0.3 is 10.4 Å². The number of carboxylic acids is 1. The fourth-order valence-corrected chi connectivity index (χ4v) is 4.00. The van der Waals surface area contributed by atoms with Gasteiger partial charge in [0.1, 0.15) is 0 Å². The molecule has 1 fully saturated rings. The van der Waals surface area contributed by atoms with Crippen molar-refractivity contribution in [1.82, 2.24) is 5.32 Å². The molecule has 1 saturated carbocycles. The Labute approximate surface area is 129 Å². The number of amides is 1. The number of aryl methyl sites for hydroxylation is 1. The van der Waals surface area contributed by atoms with Gasteiger partial charge in [0.2, 0.25) is 5.91 Å². The first-order chi connectivity index (χ1) is 9.92. The zero-order valence-electron chi connectivity index (χ0n) is 12.8. The molecule has 1 aliphatic rings. The van der Waals surface area contributed by atoms with Crippen LogP contribution in [0.3, 0.4) is 0 Å². The fourth-order valence-electron chi connectivity index (χ4n) is 3.12. The van der Waals surface area contributed by atoms with Crippen molar-refractivity contribution >= 4 is 23.2 Å². The van der Waals surface area contributed by atoms with Gasteiger partial charge in [0.25, 0.3) is 0 Å². The number of carboxylic acid groups (broad SMARTS) is 1. The highest BCUT2D eigenvalue weighted by Gasteiger charge is 2.42. The number of aliphatic carboxylic acids is 1. The third-order valence-corrected chi connectivity index (χ3v) is 5.62. The van der Waals surface area contributed by atoms with Gasteiger partial charge in [-0.15, -0.1) is 11.3 Å². The molecule has 0 spiro atoms. The summed E-state index contributed by atoms with van der Waals surface area (Å²) in [4.78, 5) is 26.1. The van der Waals surface area contributed by atoms with E-state index in [1.807, 2.05) is 26.0 Å². The number of rotatable bonds is 5. The second kappa shape index (κ2) is 6.60. The van der Waals surface area contributed by atoms with Crippen LogP contribution in [0.15, 0.2) is 12.1 Å². The molecule has 0 saturated heterocycles. The minimum Gasteiger partial charge on any atom is -0.481 e. The molecule has 2 rings (SSSR count). The van der Waals surface area contributed by atoms with Crippen molar-refractivity contribution in [1.29, 1.82) is 0 Å². The standard InChI is InChI=1S/C16H23NO3S/c1-4-11-7-12(13(8-11)16(19)20)15(18)17-10(3)14-6-5-9(2)21-14/h5-6,10-13H,4,7-8H2,1-3H3,(H,17,18)(H,19,20)/t10?,11?,12-,13+/m0/s1. The van der Waals surface area contributed by atoms with Crippen LogP contribution in [0.2, 0.25) is 0 Å². The third kappa shape index (κ3) is 3.64. The largest absolute Gasteiger partial charge is 0.481 e. The Morgan fingerprint density at radius 1 is 1.38 bits per heavy atom. The number of nitrogens with one attached hydrogen (secondary N) is 1. The van der Waals surface area contributed by atoms with Crippen LogP contribution in [0.5, 0.6) is 0 Å². The van der Waals surface area contributed by atoms with Crippen LogP contribution < -0.4 is 5.32 Å². The summed E-state index contributed by atoms with van der Waals surface area (Å²) in [7, 11) is 0. The van der Waals surface area contributed by atoms with Crippen molar-refractivity contribution in [3.05, 3.63) is 21.9 Å². The molecule has 5 heteroatoms. The quantitative estimate of drug-likeness (QED) is 0.876. The Hall–Kier alpha value is -1.36. The lowest BCUT2D eigenvalue weighted by Gasteiger charge is -2.19. The SMILES string of the molecule is CCC1C[C@H](C(=O)NC(C)c2ccc(C)s2)[C@H](C(=O)O)C1. The summed E-state index contributed by atoms with van der Waals surface area (Å²) in [5.74, 6) is -1.54. The van der Waals surface area contributed by atoms with Crippen molar-refractivity contribution in [2.24, 2.45) is 17.8 Å². The summed E-state index contributed by atoms with van der Waals surface area (Å²) in [5, 5.41) is 12.3. The monoisotopic (exact) mass is 309 g/mol. The fraction of sp³-hybridized carbons (Fsp3) is 0.625. The van der Waals surface area contributed by atoms with Gasteiger partial charge in [-0.3, -0.25) is 9.59 Å². The van der Waals surface area contributed by atoms with Crippen LogP contribution in [0, 0.1) is 24.7 Å². The van der Waals surface area contributed by atoms with Gasteiger partial charge in [-0.1, -0.05) is 13.3 Å². The van der Waals surface area contributed by atoms with Gasteiger partial charge in [-0.05, 0) is 44.7 Å². The molecule has 4 nitrogen and oxygen atoms in total. The van der Waals surface area contributed by atoms with Gasteiger partial charge in [0.05, 0.1) is 17.9 Å². The van der Waals surface area contributed by atoms with Crippen LogP contribution in [0.1, 0.15) is 48.9 Å². The van der Waals surface area contributed by atoms with Crippen LogP contribution in [-0.2, 0) is 9.59 Å². The van der Waals surface area contributed by atoms with Gasteiger partial charge in [0.15, 0.2) is 0 Å². The second-order valence-corrected chi connectivity index (χ2v) is 7.30. The summed E-state index contributed by atoms with van der Waals surface area (Å²) in [6.07, 6.45) is 2.25. The van der Waals surface area contributed by atoms with E-state index >= 15 is 0 Å². The lowest BCUT2D eigenvalue weighted by molar-refractivity contribution is -0.146. The van der Waals surface area contributed by atoms with E-state index in [-0.39, 0.29) is 11.9 Å². The first kappa shape index (κ1) is 16.0. The van der Waals surface area contributed by atoms with E-state index < -0.39 is 17.8 Å². The molecular formula is C16H23NO3S. The summed E-state index contributed by atoms with van der Waals surface area (Å²) in [5.41, 5.74) is 0. The summed E-state index contributed by atoms with van der Waals surface area (Å²) < 4.78 is 0. The molecule has 1 heterocycles. The predicted octanol–water partition coefficient (Wildman–Crippen LogP) is 3.37. The number of carbonyl (C=O) groups is 2. The van der Waals surface area contributed by atoms with Crippen molar-refractivity contribution in [2.75, 3.05) is 0 Å². The molecule has 2 unspecified atom stereocenters. The lowest BCUT2D eigenvalue weighted by atomic mass is 9.95. The summed E-state index contributed by atoms with van der Waals surface area (Å²) in [6.45, 7) is 6.04. The average molecular weight is 309 g/mol. The van der Waals surface area contributed by atoms with E-state index in [9.17, 15) is 14.7 Å². The Balaban J connectivity index is 2.03. The Morgan fingerprint density at radius 2 is 2.05 bits per heavy atom. The Kier molecular flexibility index (Phi) is 5.04. The maximum Gasteiger partial charge on any atom is 0.307 e. The van der Waals surface area contributed by atoms with E-state index in [4.69, 9.17) is 0 Å². The van der Waals surface area contributed by atoms with Crippen LogP contribution in [-0.4, -0.2) is 17.0 Å². The van der Waals surface area contributed by atoms with Gasteiger partial charge in [-0.2, -0.15) is 0 Å². The Morgan fingerprint density at radius 3 is 2.57 bits per heavy atom. The van der Waals surface area contributed by atoms with E-state index in [1.165, 1.54) is 4.88 Å². The van der Waals surface area contributed by atoms with Crippen molar-refractivity contribution < 1.29 is 14.7 Å². The number of carbonyl (C=O) groups excluding carboxylic acids is 1. The molecule has 0 aliphatic heterocycles. The maximum absolute atomic E-state index is 12.4. The first-order valence-electron chi connectivity index (χ1n) is 7.51. The van der Waals surface area contributed by atoms with Crippen molar-refractivity contribution in [3.63, 3.8) is 0 Å². The van der Waals surface area contributed by atoms with Crippen LogP contribution >= 0.6 is 11.3 Å². The molecule has 2 N–H and O–H groups in total. The molecular weight excluding hydrogens is 286 g/mol. The second-order valence-electron chi connectivity index (χ2n) is 5.98. The molecule has 1 aromatic rings. The molecule has 1 amide bonds. The minimum atomic E-state index is -0.842. The molecule has 0 radical (unpaired) electrons. The molecule has 1 aliphatic carbocycles. The summed E-state index contributed by atoms with van der Waals surface area (Å²) >= 11 is 1.66. The van der Waals surface area contributed by atoms with E-state index in [1.54, 1.807) is 11.3 Å². The minimum absolute atomic E-state index is 0.0636. The number of hydrogen-bond acceptors (Lipinski definition) is 3. The average Bonchev–Trinajstić information content (AvgIpc) is 3.04. The zero-order chi connectivity index (χ0) is 15.6. The molecule has 116 valence electrons. The maximum atomic E-state index is 12.4. The van der Waals surface area contributed by atoms with Gasteiger partial charge in [0, 0.05) is 9.75 Å². The topological polar surface area (TPSA) is 66.4 Å². The highest BCUT2D eigenvalue weighted by Crippen LogP contribution is 2.39. The van der Waals surface area contributed by atoms with Crippen molar-refractivity contribution in [2.45, 2.75) is 46.1 Å². The van der Waals surface area contributed by atoms with Crippen molar-refractivity contribution in [3.8, 4) is 0 Å². The number of thiophene rings is 1. The van der Waals surface area contributed by atoms with E-state index in [2.05, 4.69) is 12.2 Å². The molecule has 0 aromatic carbocycles. The highest BCUT2D eigenvalue weighted by atomic mass is 32.1. The van der Waals surface area contributed by atoms with E-state index in [0.717, 1.165) is 11.3 Å². The van der Waals surface area contributed by atoms with E-state index in [0.29, 0.717) is 18.8 Å². The normalized spacial score (nSPS) is 26.5. The smallest absolute Gasteiger partial charge is 0.307 e. The molecule has 21 heavy (non-hydrogen) atoms. The third-order valence-electron chi connectivity index (χ3n) is 4.44. The predicted molar refractivity (Wildman–Crippen MR) is 83.2 cm³/mol. The lowest BCUT2D eigenvalue weighted by Crippen LogP contribution is -2.36. The molecule has 4 atom stereocenters. The Bertz CT molecular complexity index is 525. The summed E-state index contributed by atoms with van der Waals surface area (Å²) in [6, 6.07) is 3.99. The zero-order valence-corrected chi connectivity index (χ0v) is 13.6. The van der Waals surface area contributed by atoms with Gasteiger partial charge >= 0.3 is 5.97 Å². The van der Waals surface area contributed by atoms with Gasteiger partial charge in [-0.25, -0.2) is 0 Å². The number of hydrogen-bond donors (Lipinski definition) is 2. The molecule has 0 bridgehead atoms. The first-order valence-corrected chi connectivity index (χ1v) is 8.33.